The minimum Gasteiger partial charge on any atom is -0.456 e. The molecule has 4 rings (SSSR count). The number of hydrogen-bond acceptors (Lipinski definition) is 5. The summed E-state index contributed by atoms with van der Waals surface area (Å²) in [5.41, 5.74) is 1.22. The molecule has 2 aromatic rings. The minimum atomic E-state index is -0.523. The van der Waals surface area contributed by atoms with Gasteiger partial charge < -0.3 is 4.74 Å². The molecule has 156 valence electrons. The molecule has 0 radical (unpaired) electrons. The molecule has 2 saturated carbocycles. The summed E-state index contributed by atoms with van der Waals surface area (Å²) in [6.07, 6.45) is 8.06. The van der Waals surface area contributed by atoms with Crippen molar-refractivity contribution in [1.82, 2.24) is 14.8 Å². The van der Waals surface area contributed by atoms with Crippen molar-refractivity contribution >= 4 is 17.7 Å². The monoisotopic (exact) mass is 413 g/mol. The maximum atomic E-state index is 12.5. The number of pyridine rings is 1. The molecule has 6 heteroatoms. The molecular weight excluding hydrogens is 382 g/mol. The van der Waals surface area contributed by atoms with E-state index < -0.39 is 5.60 Å². The van der Waals surface area contributed by atoms with Crippen molar-refractivity contribution in [2.75, 3.05) is 0 Å². The third-order valence-corrected chi connectivity index (χ3v) is 7.68. The van der Waals surface area contributed by atoms with Crippen molar-refractivity contribution < 1.29 is 9.53 Å². The Morgan fingerprint density at radius 2 is 2.14 bits per heavy atom. The van der Waals surface area contributed by atoms with E-state index >= 15 is 0 Å². The highest BCUT2D eigenvalue weighted by molar-refractivity contribution is 7.99. The quantitative estimate of drug-likeness (QED) is 0.610. The summed E-state index contributed by atoms with van der Waals surface area (Å²) in [6, 6.07) is 5.73. The van der Waals surface area contributed by atoms with Gasteiger partial charge in [-0.2, -0.15) is 5.10 Å². The lowest BCUT2D eigenvalue weighted by molar-refractivity contribution is 0.00678. The Balaban J connectivity index is 1.51. The maximum absolute atomic E-state index is 12.5. The number of aromatic nitrogens is 3. The van der Waals surface area contributed by atoms with E-state index in [-0.39, 0.29) is 5.97 Å². The third kappa shape index (κ3) is 4.23. The number of ether oxygens (including phenoxy) is 1. The fraction of sp³-hybridized carbons (Fsp3) is 0.609. The third-order valence-electron chi connectivity index (χ3n) is 6.18. The molecule has 0 aromatic carbocycles. The second-order valence-electron chi connectivity index (χ2n) is 9.72. The van der Waals surface area contributed by atoms with Crippen molar-refractivity contribution in [3.05, 3.63) is 35.7 Å². The van der Waals surface area contributed by atoms with Crippen molar-refractivity contribution in [3.63, 3.8) is 0 Å². The predicted octanol–water partition coefficient (Wildman–Crippen LogP) is 5.46. The lowest BCUT2D eigenvalue weighted by Crippen LogP contribution is -2.25. The van der Waals surface area contributed by atoms with Crippen molar-refractivity contribution in [2.45, 2.75) is 82.6 Å². The number of carbonyl (C=O) groups is 1. The molecule has 2 aromatic heterocycles. The van der Waals surface area contributed by atoms with Gasteiger partial charge in [0.2, 0.25) is 0 Å². The van der Waals surface area contributed by atoms with E-state index in [4.69, 9.17) is 14.8 Å². The summed E-state index contributed by atoms with van der Waals surface area (Å²) in [5, 5.41) is 6.49. The molecule has 2 fully saturated rings. The van der Waals surface area contributed by atoms with E-state index in [1.54, 1.807) is 6.07 Å². The first-order valence-corrected chi connectivity index (χ1v) is 11.5. The van der Waals surface area contributed by atoms with Gasteiger partial charge in [-0.05, 0) is 82.4 Å². The van der Waals surface area contributed by atoms with Crippen LogP contribution in [-0.4, -0.2) is 31.6 Å². The van der Waals surface area contributed by atoms with Crippen molar-refractivity contribution in [1.29, 1.82) is 0 Å². The van der Waals surface area contributed by atoms with E-state index in [1.165, 1.54) is 25.7 Å². The molecule has 3 atom stereocenters. The second-order valence-corrected chi connectivity index (χ2v) is 10.9. The Labute approximate surface area is 177 Å². The van der Waals surface area contributed by atoms with Crippen LogP contribution in [0.25, 0.3) is 5.82 Å². The molecular formula is C23H31N3O2S. The molecule has 2 heterocycles. The average Bonchev–Trinajstić information content (AvgIpc) is 3.34. The predicted molar refractivity (Wildman–Crippen MR) is 116 cm³/mol. The average molecular weight is 414 g/mol. The van der Waals surface area contributed by atoms with Crippen LogP contribution in [0.2, 0.25) is 0 Å². The van der Waals surface area contributed by atoms with Gasteiger partial charge in [-0.1, -0.05) is 13.8 Å². The largest absolute Gasteiger partial charge is 0.456 e. The molecule has 0 N–H and O–H groups in total. The molecule has 0 aliphatic heterocycles. The standard InChI is InChI=1S/C23H31N3O2S/c1-6-17-16(21(27)28-22(2,3)4)7-8-19(24-17)26-12-10-20(25-26)29-18-13-15-9-11-23(18,5)14-15/h7-8,10,12,15,18H,6,9,11,13-14H2,1-5H3/t15-,18+,23-/m1/s1. The van der Waals surface area contributed by atoms with Gasteiger partial charge in [0.15, 0.2) is 5.82 Å². The van der Waals surface area contributed by atoms with Crippen LogP contribution in [0.15, 0.2) is 29.4 Å². The van der Waals surface area contributed by atoms with E-state index in [2.05, 4.69) is 13.0 Å². The van der Waals surface area contributed by atoms with Crippen LogP contribution in [0.1, 0.15) is 76.4 Å². The van der Waals surface area contributed by atoms with Crippen molar-refractivity contribution in [3.8, 4) is 5.82 Å². The van der Waals surface area contributed by atoms with Gasteiger partial charge in [-0.15, -0.1) is 11.8 Å². The number of carbonyl (C=O) groups excluding carboxylic acids is 1. The SMILES string of the molecule is CCc1nc(-n2ccc(S[C@H]3C[C@H]4CC[C@]3(C)C4)n2)ccc1C(=O)OC(C)(C)C. The zero-order chi connectivity index (χ0) is 20.8. The number of thioether (sulfide) groups is 1. The maximum Gasteiger partial charge on any atom is 0.340 e. The summed E-state index contributed by atoms with van der Waals surface area (Å²) in [5.74, 6) is 1.32. The molecule has 0 saturated heterocycles. The number of aryl methyl sites for hydroxylation is 1. The summed E-state index contributed by atoms with van der Waals surface area (Å²) < 4.78 is 7.33. The van der Waals surface area contributed by atoms with Crippen LogP contribution in [0, 0.1) is 11.3 Å². The summed E-state index contributed by atoms with van der Waals surface area (Å²) in [4.78, 5) is 17.2. The van der Waals surface area contributed by atoms with Gasteiger partial charge in [0.25, 0.3) is 0 Å². The van der Waals surface area contributed by atoms with Gasteiger partial charge in [0, 0.05) is 11.4 Å². The van der Waals surface area contributed by atoms with Crippen molar-refractivity contribution in [2.24, 2.45) is 11.3 Å². The topological polar surface area (TPSA) is 57.0 Å². The molecule has 2 bridgehead atoms. The Morgan fingerprint density at radius 1 is 1.34 bits per heavy atom. The lowest BCUT2D eigenvalue weighted by atomic mass is 9.86. The first-order chi connectivity index (χ1) is 13.7. The zero-order valence-corrected chi connectivity index (χ0v) is 18.9. The van der Waals surface area contributed by atoms with Gasteiger partial charge in [0.05, 0.1) is 11.3 Å². The van der Waals surface area contributed by atoms with Crippen LogP contribution < -0.4 is 0 Å². The number of hydrogen-bond donors (Lipinski definition) is 0. The van der Waals surface area contributed by atoms with Crippen LogP contribution in [0.4, 0.5) is 0 Å². The van der Waals surface area contributed by atoms with E-state index in [0.29, 0.717) is 22.6 Å². The van der Waals surface area contributed by atoms with Crippen LogP contribution in [-0.2, 0) is 11.2 Å². The Hall–Kier alpha value is -1.82. The number of fused-ring (bicyclic) bond motifs is 2. The first kappa shape index (κ1) is 20.5. The highest BCUT2D eigenvalue weighted by Gasteiger charge is 2.49. The smallest absolute Gasteiger partial charge is 0.340 e. The zero-order valence-electron chi connectivity index (χ0n) is 18.1. The summed E-state index contributed by atoms with van der Waals surface area (Å²) in [7, 11) is 0. The number of rotatable bonds is 5. The van der Waals surface area contributed by atoms with E-state index in [0.717, 1.165) is 22.5 Å². The number of esters is 1. The first-order valence-electron chi connectivity index (χ1n) is 10.6. The molecule has 0 unspecified atom stereocenters. The fourth-order valence-corrected chi connectivity index (χ4v) is 6.15. The molecule has 29 heavy (non-hydrogen) atoms. The highest BCUT2D eigenvalue weighted by Crippen LogP contribution is 2.58. The highest BCUT2D eigenvalue weighted by atomic mass is 32.2. The van der Waals surface area contributed by atoms with E-state index in [9.17, 15) is 4.79 Å². The van der Waals surface area contributed by atoms with Gasteiger partial charge in [-0.3, -0.25) is 0 Å². The molecule has 2 aliphatic rings. The fourth-order valence-electron chi connectivity index (χ4n) is 4.72. The molecule has 0 spiro atoms. The minimum absolute atomic E-state index is 0.324. The van der Waals surface area contributed by atoms with Crippen LogP contribution >= 0.6 is 11.8 Å². The molecule has 2 aliphatic carbocycles. The molecule has 0 amide bonds. The normalized spacial score (nSPS) is 26.1. The van der Waals surface area contributed by atoms with Gasteiger partial charge in [-0.25, -0.2) is 14.5 Å². The Morgan fingerprint density at radius 3 is 2.76 bits per heavy atom. The van der Waals surface area contributed by atoms with Gasteiger partial charge >= 0.3 is 5.97 Å². The molecule has 5 nitrogen and oxygen atoms in total. The van der Waals surface area contributed by atoms with E-state index in [1.807, 2.05) is 56.4 Å². The van der Waals surface area contributed by atoms with Crippen LogP contribution in [0.3, 0.4) is 0 Å². The van der Waals surface area contributed by atoms with Gasteiger partial charge in [0.1, 0.15) is 10.6 Å². The Kier molecular flexibility index (Phi) is 5.26. The Bertz CT molecular complexity index is 917. The summed E-state index contributed by atoms with van der Waals surface area (Å²) >= 11 is 1.92. The second kappa shape index (κ2) is 7.46. The summed E-state index contributed by atoms with van der Waals surface area (Å²) in [6.45, 7) is 10.1. The number of nitrogens with zero attached hydrogens (tertiary/aromatic N) is 3. The van der Waals surface area contributed by atoms with Crippen LogP contribution in [0.5, 0.6) is 0 Å². The lowest BCUT2D eigenvalue weighted by Gasteiger charge is -2.30.